The zero-order valence-corrected chi connectivity index (χ0v) is 28.0. The van der Waals surface area contributed by atoms with Gasteiger partial charge in [0.1, 0.15) is 0 Å². The second kappa shape index (κ2) is 12.2. The molecule has 0 aromatic heterocycles. The van der Waals surface area contributed by atoms with Crippen LogP contribution in [0.4, 0.5) is 11.4 Å². The molecule has 0 N–H and O–H groups in total. The van der Waals surface area contributed by atoms with E-state index in [1.165, 1.54) is 70.9 Å². The lowest BCUT2D eigenvalue weighted by Crippen LogP contribution is -2.16. The topological polar surface area (TPSA) is 3.24 Å². The Morgan fingerprint density at radius 2 is 0.880 bits per heavy atom. The molecule has 0 fully saturated rings. The van der Waals surface area contributed by atoms with Crippen molar-refractivity contribution in [3.63, 3.8) is 0 Å². The van der Waals surface area contributed by atoms with E-state index in [9.17, 15) is 0 Å². The van der Waals surface area contributed by atoms with Crippen molar-refractivity contribution in [3.05, 3.63) is 200 Å². The molecule has 9 aromatic carbocycles. The van der Waals surface area contributed by atoms with Crippen LogP contribution in [0.5, 0.6) is 0 Å². The number of hydrogen-bond donors (Lipinski definition) is 0. The Labute approximate surface area is 293 Å². The van der Waals surface area contributed by atoms with Crippen molar-refractivity contribution >= 4 is 60.2 Å². The maximum Gasteiger partial charge on any atom is 0.0569 e. The van der Waals surface area contributed by atoms with Crippen molar-refractivity contribution in [1.29, 1.82) is 0 Å². The summed E-state index contributed by atoms with van der Waals surface area (Å²) in [6.45, 7) is 6.92. The van der Waals surface area contributed by atoms with Crippen molar-refractivity contribution in [2.45, 2.75) is 6.92 Å². The van der Waals surface area contributed by atoms with Gasteiger partial charge in [-0.1, -0.05) is 170 Å². The number of benzene rings is 9. The summed E-state index contributed by atoms with van der Waals surface area (Å²) >= 11 is 0. The van der Waals surface area contributed by atoms with Crippen LogP contribution in [0.1, 0.15) is 11.1 Å². The fourth-order valence-electron chi connectivity index (χ4n) is 7.91. The summed E-state index contributed by atoms with van der Waals surface area (Å²) in [5, 5.41) is 9.93. The molecular weight excluding hydrogens is 603 g/mol. The highest BCUT2D eigenvalue weighted by molar-refractivity contribution is 6.26. The first-order valence-electron chi connectivity index (χ1n) is 17.2. The van der Waals surface area contributed by atoms with Crippen molar-refractivity contribution in [1.82, 2.24) is 0 Å². The van der Waals surface area contributed by atoms with E-state index < -0.39 is 0 Å². The Morgan fingerprint density at radius 3 is 1.50 bits per heavy atom. The van der Waals surface area contributed by atoms with Crippen molar-refractivity contribution < 1.29 is 0 Å². The lowest BCUT2D eigenvalue weighted by atomic mass is 9.83. The maximum atomic E-state index is 4.67. The first-order valence-corrected chi connectivity index (χ1v) is 17.2. The standard InChI is InChI=1S/C49H35N/c1-33-32-46(39-25-11-16-30-45(39)49(33)50(37-22-7-4-8-23-37)34(2)35-18-5-3-6-19-35)48-43-28-14-12-26-41(43)47(42-27-13-15-29-44(42)48)40-31-17-21-36-20-9-10-24-38(36)40/h3-32H,2H2,1H3. The number of nitrogens with zero attached hydrogens (tertiary/aromatic N) is 1. The minimum Gasteiger partial charge on any atom is -0.310 e. The van der Waals surface area contributed by atoms with E-state index >= 15 is 0 Å². The van der Waals surface area contributed by atoms with Crippen LogP contribution < -0.4 is 4.90 Å². The van der Waals surface area contributed by atoms with Gasteiger partial charge in [0.25, 0.3) is 0 Å². The lowest BCUT2D eigenvalue weighted by Gasteiger charge is -2.31. The third-order valence-corrected chi connectivity index (χ3v) is 10.1. The van der Waals surface area contributed by atoms with Crippen LogP contribution in [0.25, 0.3) is 71.0 Å². The largest absolute Gasteiger partial charge is 0.310 e. The molecule has 236 valence electrons. The third kappa shape index (κ3) is 4.78. The minimum absolute atomic E-state index is 0.938. The molecule has 1 nitrogen and oxygen atoms in total. The highest BCUT2D eigenvalue weighted by Gasteiger charge is 2.24. The third-order valence-electron chi connectivity index (χ3n) is 10.1. The van der Waals surface area contributed by atoms with E-state index in [1.54, 1.807) is 0 Å². The molecule has 9 aromatic rings. The highest BCUT2D eigenvalue weighted by atomic mass is 15.2. The number of hydrogen-bond acceptors (Lipinski definition) is 1. The van der Waals surface area contributed by atoms with E-state index in [0.717, 1.165) is 22.6 Å². The van der Waals surface area contributed by atoms with Gasteiger partial charge in [0.15, 0.2) is 0 Å². The van der Waals surface area contributed by atoms with Crippen LogP contribution >= 0.6 is 0 Å². The fraction of sp³-hybridized carbons (Fsp3) is 0.0204. The Hall–Kier alpha value is -6.44. The Kier molecular flexibility index (Phi) is 7.25. The minimum atomic E-state index is 0.938. The Morgan fingerprint density at radius 1 is 0.420 bits per heavy atom. The zero-order chi connectivity index (χ0) is 33.6. The molecule has 0 saturated carbocycles. The summed E-state index contributed by atoms with van der Waals surface area (Å²) < 4.78 is 0. The van der Waals surface area contributed by atoms with Crippen LogP contribution in [0.2, 0.25) is 0 Å². The molecule has 0 bridgehead atoms. The summed E-state index contributed by atoms with van der Waals surface area (Å²) in [6.07, 6.45) is 0. The zero-order valence-electron chi connectivity index (χ0n) is 28.0. The second-order valence-electron chi connectivity index (χ2n) is 13.0. The first kappa shape index (κ1) is 29.7. The average Bonchev–Trinajstić information content (AvgIpc) is 3.18. The molecule has 0 saturated heterocycles. The van der Waals surface area contributed by atoms with E-state index in [4.69, 9.17) is 0 Å². The monoisotopic (exact) mass is 637 g/mol. The fourth-order valence-corrected chi connectivity index (χ4v) is 7.91. The quantitative estimate of drug-likeness (QED) is 0.164. The maximum absolute atomic E-state index is 4.67. The van der Waals surface area contributed by atoms with E-state index in [-0.39, 0.29) is 0 Å². The normalized spacial score (nSPS) is 11.4. The summed E-state index contributed by atoms with van der Waals surface area (Å²) in [7, 11) is 0. The summed E-state index contributed by atoms with van der Waals surface area (Å²) in [4.78, 5) is 2.33. The summed E-state index contributed by atoms with van der Waals surface area (Å²) in [5.74, 6) is 0. The molecule has 1 heteroatoms. The molecule has 50 heavy (non-hydrogen) atoms. The Bertz CT molecular complexity index is 2660. The average molecular weight is 638 g/mol. The van der Waals surface area contributed by atoms with Gasteiger partial charge < -0.3 is 4.90 Å². The van der Waals surface area contributed by atoms with E-state index in [0.29, 0.717) is 0 Å². The highest BCUT2D eigenvalue weighted by Crippen LogP contribution is 2.49. The smallest absolute Gasteiger partial charge is 0.0569 e. The summed E-state index contributed by atoms with van der Waals surface area (Å²) in [5.41, 5.74) is 10.5. The van der Waals surface area contributed by atoms with Crippen LogP contribution in [-0.2, 0) is 0 Å². The SMILES string of the molecule is C=C(c1ccccc1)N(c1ccccc1)c1c(C)cc(-c2c3ccccc3c(-c3cccc4ccccc34)c3ccccc23)c2ccccc12. The van der Waals surface area contributed by atoms with Crippen molar-refractivity contribution in [2.24, 2.45) is 0 Å². The van der Waals surface area contributed by atoms with Gasteiger partial charge in [0, 0.05) is 16.8 Å². The van der Waals surface area contributed by atoms with Crippen molar-refractivity contribution in [2.75, 3.05) is 4.90 Å². The van der Waals surface area contributed by atoms with E-state index in [1.807, 2.05) is 0 Å². The predicted molar refractivity (Wildman–Crippen MR) is 216 cm³/mol. The van der Waals surface area contributed by atoms with Gasteiger partial charge in [-0.25, -0.2) is 0 Å². The van der Waals surface area contributed by atoms with Gasteiger partial charge in [0.2, 0.25) is 0 Å². The molecule has 0 atom stereocenters. The first-order chi connectivity index (χ1) is 24.7. The summed E-state index contributed by atoms with van der Waals surface area (Å²) in [6, 6.07) is 65.7. The number of rotatable bonds is 6. The Balaban J connectivity index is 1.36. The molecule has 0 radical (unpaired) electrons. The molecule has 0 aliphatic rings. The van der Waals surface area contributed by atoms with Gasteiger partial charge in [-0.2, -0.15) is 0 Å². The number of fused-ring (bicyclic) bond motifs is 4. The molecule has 0 aliphatic heterocycles. The van der Waals surface area contributed by atoms with Gasteiger partial charge in [-0.3, -0.25) is 0 Å². The number of para-hydroxylation sites is 1. The van der Waals surface area contributed by atoms with Crippen molar-refractivity contribution in [3.8, 4) is 22.3 Å². The van der Waals surface area contributed by atoms with E-state index in [2.05, 4.69) is 200 Å². The van der Waals surface area contributed by atoms with Gasteiger partial charge in [0.05, 0.1) is 5.69 Å². The number of aryl methyl sites for hydroxylation is 1. The molecule has 9 rings (SSSR count). The van der Waals surface area contributed by atoms with Gasteiger partial charge in [-0.05, 0) is 96.2 Å². The van der Waals surface area contributed by atoms with Crippen LogP contribution in [0.3, 0.4) is 0 Å². The molecule has 0 aliphatic carbocycles. The number of anilines is 2. The molecule has 0 amide bonds. The van der Waals surface area contributed by atoms with Crippen LogP contribution in [0.15, 0.2) is 189 Å². The van der Waals surface area contributed by atoms with Crippen LogP contribution in [-0.4, -0.2) is 0 Å². The predicted octanol–water partition coefficient (Wildman–Crippen LogP) is 13.8. The second-order valence-corrected chi connectivity index (χ2v) is 13.0. The molecular formula is C49H35N. The molecule has 0 unspecified atom stereocenters. The lowest BCUT2D eigenvalue weighted by molar-refractivity contribution is 1.28. The van der Waals surface area contributed by atoms with Crippen LogP contribution in [0, 0.1) is 6.92 Å². The van der Waals surface area contributed by atoms with Gasteiger partial charge in [-0.15, -0.1) is 0 Å². The molecule has 0 spiro atoms. The molecule has 0 heterocycles. The van der Waals surface area contributed by atoms with Gasteiger partial charge >= 0.3 is 0 Å².